The number of aryl methyl sites for hydroxylation is 1. The third-order valence-electron chi connectivity index (χ3n) is 1.73. The van der Waals surface area contributed by atoms with Crippen molar-refractivity contribution < 1.29 is 19.1 Å². The molecule has 0 spiro atoms. The highest BCUT2D eigenvalue weighted by Crippen LogP contribution is 2.16. The van der Waals surface area contributed by atoms with Crippen molar-refractivity contribution in [2.45, 2.75) is 13.3 Å². The molecule has 0 aliphatic heterocycles. The maximum Gasteiger partial charge on any atom is 0.312 e. The summed E-state index contributed by atoms with van der Waals surface area (Å²) in [5.74, 6) is -0.624. The van der Waals surface area contributed by atoms with Crippen LogP contribution < -0.4 is 4.90 Å². The minimum absolute atomic E-state index is 0.355. The Morgan fingerprint density at radius 1 is 1.50 bits per heavy atom. The molecule has 0 fully saturated rings. The lowest BCUT2D eigenvalue weighted by Crippen LogP contribution is -2.27. The van der Waals surface area contributed by atoms with Crippen molar-refractivity contribution in [1.29, 1.82) is 0 Å². The van der Waals surface area contributed by atoms with Crippen molar-refractivity contribution in [3.05, 3.63) is 17.9 Å². The number of aliphatic carboxylic acids is 1. The van der Waals surface area contributed by atoms with E-state index in [1.54, 1.807) is 19.1 Å². The first kappa shape index (κ1) is 10.3. The highest BCUT2D eigenvalue weighted by atomic mass is 16.4. The second-order valence-electron chi connectivity index (χ2n) is 2.91. The highest BCUT2D eigenvalue weighted by Gasteiger charge is 2.16. The first-order valence-corrected chi connectivity index (χ1v) is 4.05. The van der Waals surface area contributed by atoms with Gasteiger partial charge in [0.15, 0.2) is 0 Å². The van der Waals surface area contributed by atoms with Gasteiger partial charge in [0.05, 0.1) is 0 Å². The van der Waals surface area contributed by atoms with E-state index in [9.17, 15) is 9.59 Å². The molecule has 5 heteroatoms. The Morgan fingerprint density at radius 3 is 2.57 bits per heavy atom. The molecular weight excluding hydrogens is 186 g/mol. The van der Waals surface area contributed by atoms with Crippen LogP contribution in [0.25, 0.3) is 0 Å². The molecule has 76 valence electrons. The molecule has 1 N–H and O–H groups in total. The first-order chi connectivity index (χ1) is 6.50. The molecule has 0 unspecified atom stereocenters. The monoisotopic (exact) mass is 197 g/mol. The minimum Gasteiger partial charge on any atom is -0.481 e. The molecule has 0 saturated carbocycles. The van der Waals surface area contributed by atoms with E-state index >= 15 is 0 Å². The van der Waals surface area contributed by atoms with E-state index in [0.29, 0.717) is 11.6 Å². The zero-order valence-electron chi connectivity index (χ0n) is 7.98. The van der Waals surface area contributed by atoms with E-state index in [0.717, 1.165) is 0 Å². The number of carbonyl (C=O) groups is 2. The second-order valence-corrected chi connectivity index (χ2v) is 2.91. The lowest BCUT2D eigenvalue weighted by atomic mass is 10.4. The summed E-state index contributed by atoms with van der Waals surface area (Å²) in [5.41, 5.74) is 0. The van der Waals surface area contributed by atoms with Crippen LogP contribution in [0.1, 0.15) is 12.2 Å². The number of nitrogens with zero attached hydrogens (tertiary/aromatic N) is 1. The van der Waals surface area contributed by atoms with Gasteiger partial charge in [-0.3, -0.25) is 14.5 Å². The predicted molar refractivity (Wildman–Crippen MR) is 49.1 cm³/mol. The average Bonchev–Trinajstić information content (AvgIpc) is 2.49. The van der Waals surface area contributed by atoms with Crippen LogP contribution in [0.15, 0.2) is 16.5 Å². The van der Waals surface area contributed by atoms with Crippen molar-refractivity contribution in [1.82, 2.24) is 0 Å². The van der Waals surface area contributed by atoms with Crippen LogP contribution in [0.4, 0.5) is 5.88 Å². The number of rotatable bonds is 3. The molecule has 0 bridgehead atoms. The van der Waals surface area contributed by atoms with Gasteiger partial charge in [-0.05, 0) is 13.0 Å². The van der Waals surface area contributed by atoms with Gasteiger partial charge >= 0.3 is 5.97 Å². The molecule has 0 atom stereocenters. The second kappa shape index (κ2) is 3.95. The highest BCUT2D eigenvalue weighted by molar-refractivity contribution is 6.01. The number of carbonyl (C=O) groups excluding carboxylic acids is 1. The number of hydrogen-bond acceptors (Lipinski definition) is 3. The molecule has 0 radical (unpaired) electrons. The summed E-state index contributed by atoms with van der Waals surface area (Å²) in [6.07, 6.45) is -0.532. The van der Waals surface area contributed by atoms with Crippen molar-refractivity contribution in [3.63, 3.8) is 0 Å². The first-order valence-electron chi connectivity index (χ1n) is 4.05. The van der Waals surface area contributed by atoms with Crippen LogP contribution in [0.2, 0.25) is 0 Å². The van der Waals surface area contributed by atoms with Gasteiger partial charge in [0.2, 0.25) is 11.8 Å². The number of furan rings is 1. The molecule has 0 aromatic carbocycles. The summed E-state index contributed by atoms with van der Waals surface area (Å²) in [6.45, 7) is 1.75. The van der Waals surface area contributed by atoms with E-state index < -0.39 is 18.3 Å². The van der Waals surface area contributed by atoms with E-state index in [1.165, 1.54) is 11.9 Å². The van der Waals surface area contributed by atoms with Gasteiger partial charge in [-0.2, -0.15) is 0 Å². The standard InChI is InChI=1S/C9H11NO4/c1-6-3-4-8(14-6)10(2)7(11)5-9(12)13/h3-4H,5H2,1-2H3,(H,12,13). The van der Waals surface area contributed by atoms with Gasteiger partial charge in [0.25, 0.3) is 0 Å². The zero-order valence-corrected chi connectivity index (χ0v) is 7.98. The minimum atomic E-state index is -1.15. The van der Waals surface area contributed by atoms with Crippen molar-refractivity contribution in [2.24, 2.45) is 0 Å². The summed E-state index contributed by atoms with van der Waals surface area (Å²) in [5, 5.41) is 8.41. The van der Waals surface area contributed by atoms with Crippen molar-refractivity contribution in [3.8, 4) is 0 Å². The largest absolute Gasteiger partial charge is 0.481 e. The van der Waals surface area contributed by atoms with Gasteiger partial charge < -0.3 is 9.52 Å². The fourth-order valence-corrected chi connectivity index (χ4v) is 0.973. The lowest BCUT2D eigenvalue weighted by Gasteiger charge is -2.11. The molecule has 0 aliphatic carbocycles. The number of amides is 1. The molecule has 1 aromatic rings. The van der Waals surface area contributed by atoms with Crippen LogP contribution in [0.5, 0.6) is 0 Å². The molecule has 1 aromatic heterocycles. The molecule has 14 heavy (non-hydrogen) atoms. The van der Waals surface area contributed by atoms with Gasteiger partial charge in [0.1, 0.15) is 12.2 Å². The van der Waals surface area contributed by atoms with Gasteiger partial charge in [-0.25, -0.2) is 0 Å². The topological polar surface area (TPSA) is 70.8 Å². The van der Waals surface area contributed by atoms with E-state index in [-0.39, 0.29) is 0 Å². The van der Waals surface area contributed by atoms with Gasteiger partial charge in [0, 0.05) is 13.1 Å². The van der Waals surface area contributed by atoms with Crippen LogP contribution in [0.3, 0.4) is 0 Å². The SMILES string of the molecule is Cc1ccc(N(C)C(=O)CC(=O)O)o1. The smallest absolute Gasteiger partial charge is 0.312 e. The third-order valence-corrected chi connectivity index (χ3v) is 1.73. The Labute approximate surface area is 80.9 Å². The number of carboxylic acids is 1. The van der Waals surface area contributed by atoms with Crippen LogP contribution in [0, 0.1) is 6.92 Å². The van der Waals surface area contributed by atoms with Crippen molar-refractivity contribution in [2.75, 3.05) is 11.9 Å². The lowest BCUT2D eigenvalue weighted by molar-refractivity contribution is -0.140. The van der Waals surface area contributed by atoms with E-state index in [1.807, 2.05) is 0 Å². The van der Waals surface area contributed by atoms with Crippen LogP contribution >= 0.6 is 0 Å². The van der Waals surface area contributed by atoms with Gasteiger partial charge in [-0.1, -0.05) is 0 Å². The van der Waals surface area contributed by atoms with Gasteiger partial charge in [-0.15, -0.1) is 0 Å². The van der Waals surface area contributed by atoms with E-state index in [2.05, 4.69) is 0 Å². The summed E-state index contributed by atoms with van der Waals surface area (Å²) in [7, 11) is 1.48. The fraction of sp³-hybridized carbons (Fsp3) is 0.333. The van der Waals surface area contributed by atoms with E-state index in [4.69, 9.17) is 9.52 Å². The average molecular weight is 197 g/mol. The molecule has 0 aliphatic rings. The quantitative estimate of drug-likeness (QED) is 0.734. The molecule has 1 amide bonds. The van der Waals surface area contributed by atoms with Crippen LogP contribution in [-0.4, -0.2) is 24.0 Å². The Hall–Kier alpha value is -1.78. The zero-order chi connectivity index (χ0) is 10.7. The fourth-order valence-electron chi connectivity index (χ4n) is 0.973. The Kier molecular flexibility index (Phi) is 2.91. The summed E-state index contributed by atoms with van der Waals surface area (Å²) in [4.78, 5) is 22.7. The van der Waals surface area contributed by atoms with Crippen LogP contribution in [-0.2, 0) is 9.59 Å². The Morgan fingerprint density at radius 2 is 2.14 bits per heavy atom. The molecule has 0 saturated heterocycles. The summed E-state index contributed by atoms with van der Waals surface area (Å²) in [6, 6.07) is 3.33. The Bertz CT molecular complexity index is 355. The predicted octanol–water partition coefficient (Wildman–Crippen LogP) is 1.03. The third kappa shape index (κ3) is 2.35. The number of anilines is 1. The summed E-state index contributed by atoms with van der Waals surface area (Å²) >= 11 is 0. The molecular formula is C9H11NO4. The van der Waals surface area contributed by atoms with Crippen molar-refractivity contribution >= 4 is 17.8 Å². The molecule has 1 heterocycles. The molecule has 5 nitrogen and oxygen atoms in total. The Balaban J connectivity index is 2.70. The number of carboxylic acid groups (broad SMARTS) is 1. The summed E-state index contributed by atoms with van der Waals surface area (Å²) < 4.78 is 5.16. The number of hydrogen-bond donors (Lipinski definition) is 1. The normalized spacial score (nSPS) is 9.86. The maximum atomic E-state index is 11.2. The molecule has 1 rings (SSSR count). The maximum absolute atomic E-state index is 11.2.